The summed E-state index contributed by atoms with van der Waals surface area (Å²) in [4.78, 5) is 10.6. The summed E-state index contributed by atoms with van der Waals surface area (Å²) >= 11 is 0. The summed E-state index contributed by atoms with van der Waals surface area (Å²) in [6.45, 7) is 2.33. The molecule has 84 valence electrons. The van der Waals surface area contributed by atoms with Gasteiger partial charge in [0, 0.05) is 35.4 Å². The van der Waals surface area contributed by atoms with Gasteiger partial charge < -0.3 is 16.8 Å². The first-order valence-electron chi connectivity index (χ1n) is 4.51. The maximum absolute atomic E-state index is 10.8. The fourth-order valence-electron chi connectivity index (χ4n) is 0.874. The van der Waals surface area contributed by atoms with Crippen LogP contribution >= 0.6 is 0 Å². The predicted octanol–water partition coefficient (Wildman–Crippen LogP) is -1.45. The van der Waals surface area contributed by atoms with Crippen molar-refractivity contribution in [2.75, 3.05) is 18.6 Å². The summed E-state index contributed by atoms with van der Waals surface area (Å²) in [5.41, 5.74) is 10.4. The molecular weight excluding hydrogens is 202 g/mol. The van der Waals surface area contributed by atoms with E-state index in [1.807, 2.05) is 6.92 Å². The van der Waals surface area contributed by atoms with Crippen LogP contribution in [0, 0.1) is 0 Å². The molecule has 6 heteroatoms. The molecule has 14 heavy (non-hydrogen) atoms. The van der Waals surface area contributed by atoms with Crippen LogP contribution in [0.15, 0.2) is 0 Å². The Morgan fingerprint density at radius 3 is 2.57 bits per heavy atom. The van der Waals surface area contributed by atoms with Crippen LogP contribution in [-0.4, -0.2) is 40.8 Å². The number of primary amides is 1. The Morgan fingerprint density at radius 1 is 1.57 bits per heavy atom. The highest BCUT2D eigenvalue weighted by Gasteiger charge is 2.10. The van der Waals surface area contributed by atoms with E-state index in [1.54, 1.807) is 6.26 Å². The average Bonchev–Trinajstić information content (AvgIpc) is 2.10. The standard InChI is InChI=1S/C8H19N3O2S/c1-6(3-4-14(2)13)11-5-7(9)8(10)12/h6-7,11H,3-5,9H2,1-2H3,(H2,10,12). The largest absolute Gasteiger partial charge is 0.368 e. The Balaban J connectivity index is 3.58. The van der Waals surface area contributed by atoms with Crippen LogP contribution in [0.3, 0.4) is 0 Å². The third-order valence-corrected chi connectivity index (χ3v) is 2.70. The molecule has 1 amide bonds. The van der Waals surface area contributed by atoms with E-state index in [4.69, 9.17) is 11.5 Å². The van der Waals surface area contributed by atoms with Crippen LogP contribution in [0.25, 0.3) is 0 Å². The number of hydrogen-bond acceptors (Lipinski definition) is 4. The third-order valence-electron chi connectivity index (χ3n) is 1.89. The zero-order chi connectivity index (χ0) is 11.1. The van der Waals surface area contributed by atoms with Gasteiger partial charge in [0.1, 0.15) is 0 Å². The van der Waals surface area contributed by atoms with Gasteiger partial charge in [-0.3, -0.25) is 9.00 Å². The monoisotopic (exact) mass is 221 g/mol. The quantitative estimate of drug-likeness (QED) is 0.489. The fourth-order valence-corrected chi connectivity index (χ4v) is 1.56. The van der Waals surface area contributed by atoms with Gasteiger partial charge in [-0.25, -0.2) is 0 Å². The van der Waals surface area contributed by atoms with E-state index in [9.17, 15) is 9.00 Å². The zero-order valence-electron chi connectivity index (χ0n) is 8.66. The molecule has 0 fully saturated rings. The second-order valence-corrected chi connectivity index (χ2v) is 4.94. The van der Waals surface area contributed by atoms with Crippen LogP contribution < -0.4 is 16.8 Å². The summed E-state index contributed by atoms with van der Waals surface area (Å²) in [7, 11) is -0.772. The minimum atomic E-state index is -0.772. The van der Waals surface area contributed by atoms with Gasteiger partial charge in [0.2, 0.25) is 5.91 Å². The average molecular weight is 221 g/mol. The molecule has 0 saturated carbocycles. The van der Waals surface area contributed by atoms with Crippen LogP contribution in [0.2, 0.25) is 0 Å². The summed E-state index contributed by atoms with van der Waals surface area (Å²) in [5, 5.41) is 3.06. The van der Waals surface area contributed by atoms with E-state index in [0.717, 1.165) is 6.42 Å². The highest BCUT2D eigenvalue weighted by Crippen LogP contribution is 1.92. The number of nitrogens with two attached hydrogens (primary N) is 2. The Labute approximate surface area is 87.1 Å². The van der Waals surface area contributed by atoms with Gasteiger partial charge in [-0.05, 0) is 13.3 Å². The van der Waals surface area contributed by atoms with Gasteiger partial charge in [0.05, 0.1) is 6.04 Å². The number of hydrogen-bond donors (Lipinski definition) is 3. The van der Waals surface area contributed by atoms with Crippen molar-refractivity contribution in [2.24, 2.45) is 11.5 Å². The molecule has 5 N–H and O–H groups in total. The van der Waals surface area contributed by atoms with Gasteiger partial charge >= 0.3 is 0 Å². The van der Waals surface area contributed by atoms with Gasteiger partial charge in [0.25, 0.3) is 0 Å². The minimum Gasteiger partial charge on any atom is -0.368 e. The lowest BCUT2D eigenvalue weighted by molar-refractivity contribution is -0.119. The maximum atomic E-state index is 10.8. The summed E-state index contributed by atoms with van der Waals surface area (Å²) in [6, 6.07) is -0.450. The van der Waals surface area contributed by atoms with Crippen molar-refractivity contribution in [1.29, 1.82) is 0 Å². The molecule has 0 aliphatic rings. The van der Waals surface area contributed by atoms with Gasteiger partial charge in [0.15, 0.2) is 0 Å². The van der Waals surface area contributed by atoms with Crippen LogP contribution in [0.5, 0.6) is 0 Å². The molecule has 0 aliphatic heterocycles. The van der Waals surface area contributed by atoms with Crippen molar-refractivity contribution in [3.63, 3.8) is 0 Å². The van der Waals surface area contributed by atoms with E-state index in [-0.39, 0.29) is 6.04 Å². The maximum Gasteiger partial charge on any atom is 0.235 e. The summed E-state index contributed by atoms with van der Waals surface area (Å²) in [5.74, 6) is 0.142. The van der Waals surface area contributed by atoms with Crippen molar-refractivity contribution >= 4 is 16.7 Å². The first kappa shape index (κ1) is 13.5. The minimum absolute atomic E-state index is 0.198. The van der Waals surface area contributed by atoms with Crippen molar-refractivity contribution in [3.8, 4) is 0 Å². The predicted molar refractivity (Wildman–Crippen MR) is 58.2 cm³/mol. The molecule has 3 unspecified atom stereocenters. The molecule has 0 aliphatic carbocycles. The topological polar surface area (TPSA) is 98.2 Å². The summed E-state index contributed by atoms with van der Waals surface area (Å²) in [6.07, 6.45) is 2.47. The van der Waals surface area contributed by atoms with Crippen LogP contribution in [-0.2, 0) is 15.6 Å². The second kappa shape index (κ2) is 6.92. The summed E-state index contributed by atoms with van der Waals surface area (Å²) < 4.78 is 10.8. The smallest absolute Gasteiger partial charge is 0.235 e. The second-order valence-electron chi connectivity index (χ2n) is 3.38. The Morgan fingerprint density at radius 2 is 2.14 bits per heavy atom. The molecule has 0 bridgehead atoms. The van der Waals surface area contributed by atoms with Crippen molar-refractivity contribution in [1.82, 2.24) is 5.32 Å². The zero-order valence-corrected chi connectivity index (χ0v) is 9.47. The molecule has 3 atom stereocenters. The highest BCUT2D eigenvalue weighted by atomic mass is 32.2. The van der Waals surface area contributed by atoms with Crippen molar-refractivity contribution in [2.45, 2.75) is 25.4 Å². The lowest BCUT2D eigenvalue weighted by Gasteiger charge is -2.15. The number of carbonyl (C=O) groups excluding carboxylic acids is 1. The first-order valence-corrected chi connectivity index (χ1v) is 6.24. The van der Waals surface area contributed by atoms with E-state index in [1.165, 1.54) is 0 Å². The first-order chi connectivity index (χ1) is 6.43. The molecular formula is C8H19N3O2S. The van der Waals surface area contributed by atoms with Crippen molar-refractivity contribution < 1.29 is 9.00 Å². The van der Waals surface area contributed by atoms with Gasteiger partial charge in [-0.1, -0.05) is 0 Å². The SMILES string of the molecule is CC(CCS(C)=O)NCC(N)C(N)=O. The number of rotatable bonds is 7. The van der Waals surface area contributed by atoms with Gasteiger partial charge in [-0.15, -0.1) is 0 Å². The van der Waals surface area contributed by atoms with E-state index >= 15 is 0 Å². The lowest BCUT2D eigenvalue weighted by atomic mass is 10.2. The fraction of sp³-hybridized carbons (Fsp3) is 0.875. The molecule has 0 spiro atoms. The molecule has 0 aromatic heterocycles. The molecule has 5 nitrogen and oxygen atoms in total. The highest BCUT2D eigenvalue weighted by molar-refractivity contribution is 7.84. The Bertz CT molecular complexity index is 211. The number of carbonyl (C=O) groups is 1. The molecule has 0 aromatic carbocycles. The van der Waals surface area contributed by atoms with Gasteiger partial charge in [-0.2, -0.15) is 0 Å². The van der Waals surface area contributed by atoms with Crippen LogP contribution in [0.1, 0.15) is 13.3 Å². The Kier molecular flexibility index (Phi) is 6.69. The Hall–Kier alpha value is -0.460. The number of nitrogens with one attached hydrogen (secondary N) is 1. The molecule has 0 aromatic rings. The normalized spacial score (nSPS) is 17.4. The molecule has 0 saturated heterocycles. The number of amides is 1. The van der Waals surface area contributed by atoms with Crippen molar-refractivity contribution in [3.05, 3.63) is 0 Å². The van der Waals surface area contributed by atoms with E-state index in [0.29, 0.717) is 12.3 Å². The molecule has 0 heterocycles. The third kappa shape index (κ3) is 6.99. The van der Waals surface area contributed by atoms with E-state index < -0.39 is 22.7 Å². The lowest BCUT2D eigenvalue weighted by Crippen LogP contribution is -2.46. The van der Waals surface area contributed by atoms with Crippen LogP contribution in [0.4, 0.5) is 0 Å². The van der Waals surface area contributed by atoms with E-state index in [2.05, 4.69) is 5.32 Å². The molecule has 0 radical (unpaired) electrons. The molecule has 0 rings (SSSR count).